The van der Waals surface area contributed by atoms with E-state index in [0.29, 0.717) is 5.75 Å². The molecule has 0 amide bonds. The highest BCUT2D eigenvalue weighted by molar-refractivity contribution is 7.89. The minimum atomic E-state index is -3.52. The number of nitrogens with one attached hydrogen (secondary N) is 1. The fourth-order valence-electron chi connectivity index (χ4n) is 2.12. The maximum Gasteiger partial charge on any atom is 0.240 e. The summed E-state index contributed by atoms with van der Waals surface area (Å²) in [6.07, 6.45) is 0. The molecule has 1 aromatic heterocycles. The fraction of sp³-hybridized carbons (Fsp3) is 0.333. The van der Waals surface area contributed by atoms with Gasteiger partial charge in [0.25, 0.3) is 0 Å². The van der Waals surface area contributed by atoms with Gasteiger partial charge in [0.2, 0.25) is 10.0 Å². The number of aryl methyl sites for hydroxylation is 1. The van der Waals surface area contributed by atoms with Crippen LogP contribution in [-0.2, 0) is 23.6 Å². The SMILES string of the molecule is COc1ccc(S(=O)(=O)NCc2cc(C)n(C)c2C)cc1. The van der Waals surface area contributed by atoms with Gasteiger partial charge in [0.15, 0.2) is 0 Å². The first-order chi connectivity index (χ1) is 9.85. The number of nitrogens with zero attached hydrogens (tertiary/aromatic N) is 1. The molecule has 0 atom stereocenters. The van der Waals surface area contributed by atoms with Gasteiger partial charge >= 0.3 is 0 Å². The van der Waals surface area contributed by atoms with Crippen LogP contribution in [-0.4, -0.2) is 20.1 Å². The van der Waals surface area contributed by atoms with Crippen LogP contribution in [0.25, 0.3) is 0 Å². The van der Waals surface area contributed by atoms with E-state index in [2.05, 4.69) is 4.72 Å². The Morgan fingerprint density at radius 3 is 2.29 bits per heavy atom. The van der Waals surface area contributed by atoms with Crippen LogP contribution in [0.4, 0.5) is 0 Å². The molecule has 21 heavy (non-hydrogen) atoms. The summed E-state index contributed by atoms with van der Waals surface area (Å²) in [4.78, 5) is 0.230. The van der Waals surface area contributed by atoms with Crippen molar-refractivity contribution in [2.45, 2.75) is 25.3 Å². The van der Waals surface area contributed by atoms with Gasteiger partial charge in [0.05, 0.1) is 12.0 Å². The minimum absolute atomic E-state index is 0.230. The lowest BCUT2D eigenvalue weighted by Crippen LogP contribution is -2.23. The Morgan fingerprint density at radius 1 is 1.19 bits per heavy atom. The Bertz CT molecular complexity index is 731. The average molecular weight is 308 g/mol. The highest BCUT2D eigenvalue weighted by atomic mass is 32.2. The molecule has 114 valence electrons. The number of aromatic nitrogens is 1. The maximum absolute atomic E-state index is 12.2. The van der Waals surface area contributed by atoms with Crippen LogP contribution < -0.4 is 9.46 Å². The number of sulfonamides is 1. The highest BCUT2D eigenvalue weighted by Gasteiger charge is 2.15. The summed E-state index contributed by atoms with van der Waals surface area (Å²) >= 11 is 0. The van der Waals surface area contributed by atoms with Gasteiger partial charge < -0.3 is 9.30 Å². The van der Waals surface area contributed by atoms with Crippen LogP contribution in [0.1, 0.15) is 17.0 Å². The van der Waals surface area contributed by atoms with E-state index >= 15 is 0 Å². The highest BCUT2D eigenvalue weighted by Crippen LogP contribution is 2.17. The lowest BCUT2D eigenvalue weighted by molar-refractivity contribution is 0.414. The lowest BCUT2D eigenvalue weighted by Gasteiger charge is -2.08. The van der Waals surface area contributed by atoms with E-state index in [0.717, 1.165) is 17.0 Å². The Kier molecular flexibility index (Phi) is 4.39. The molecule has 0 unspecified atom stereocenters. The Morgan fingerprint density at radius 2 is 1.81 bits per heavy atom. The van der Waals surface area contributed by atoms with E-state index in [1.54, 1.807) is 19.2 Å². The summed E-state index contributed by atoms with van der Waals surface area (Å²) in [5.41, 5.74) is 3.14. The number of rotatable bonds is 5. The summed E-state index contributed by atoms with van der Waals surface area (Å²) in [7, 11) is -0.0103. The van der Waals surface area contributed by atoms with Crippen LogP contribution in [0.5, 0.6) is 5.75 Å². The van der Waals surface area contributed by atoms with Crippen LogP contribution in [0.2, 0.25) is 0 Å². The monoisotopic (exact) mass is 308 g/mol. The molecule has 0 aliphatic heterocycles. The summed E-state index contributed by atoms with van der Waals surface area (Å²) < 4.78 is 34.2. The third kappa shape index (κ3) is 3.28. The molecule has 0 saturated carbocycles. The maximum atomic E-state index is 12.2. The van der Waals surface area contributed by atoms with Gasteiger partial charge in [-0.3, -0.25) is 0 Å². The largest absolute Gasteiger partial charge is 0.497 e. The van der Waals surface area contributed by atoms with E-state index < -0.39 is 10.0 Å². The molecule has 0 aliphatic rings. The van der Waals surface area contributed by atoms with Crippen LogP contribution in [0.15, 0.2) is 35.2 Å². The van der Waals surface area contributed by atoms with Crippen LogP contribution >= 0.6 is 0 Å². The Hall–Kier alpha value is -1.79. The van der Waals surface area contributed by atoms with Crippen molar-refractivity contribution in [2.24, 2.45) is 7.05 Å². The molecular weight excluding hydrogens is 288 g/mol. The van der Waals surface area contributed by atoms with Crippen molar-refractivity contribution in [1.82, 2.24) is 9.29 Å². The molecule has 0 bridgehead atoms. The minimum Gasteiger partial charge on any atom is -0.497 e. The number of hydrogen-bond acceptors (Lipinski definition) is 3. The molecule has 0 radical (unpaired) electrons. The van der Waals surface area contributed by atoms with Crippen LogP contribution in [0, 0.1) is 13.8 Å². The normalized spacial score (nSPS) is 11.6. The van der Waals surface area contributed by atoms with E-state index in [1.807, 2.05) is 31.5 Å². The average Bonchev–Trinajstić information content (AvgIpc) is 2.72. The standard InChI is InChI=1S/C15H20N2O3S/c1-11-9-13(12(2)17(11)3)10-16-21(18,19)15-7-5-14(20-4)6-8-15/h5-9,16H,10H2,1-4H3. The zero-order valence-electron chi connectivity index (χ0n) is 12.7. The first kappa shape index (κ1) is 15.6. The summed E-state index contributed by atoms with van der Waals surface area (Å²) in [6, 6.07) is 8.32. The van der Waals surface area contributed by atoms with Gasteiger partial charge in [-0.1, -0.05) is 0 Å². The second kappa shape index (κ2) is 5.91. The second-order valence-electron chi connectivity index (χ2n) is 4.96. The van der Waals surface area contributed by atoms with E-state index in [-0.39, 0.29) is 11.4 Å². The smallest absolute Gasteiger partial charge is 0.240 e. The molecule has 2 rings (SSSR count). The van der Waals surface area contributed by atoms with Gasteiger partial charge in [-0.15, -0.1) is 0 Å². The molecular formula is C15H20N2O3S. The van der Waals surface area contributed by atoms with Crippen molar-refractivity contribution in [2.75, 3.05) is 7.11 Å². The number of hydrogen-bond donors (Lipinski definition) is 1. The zero-order valence-corrected chi connectivity index (χ0v) is 13.5. The third-order valence-corrected chi connectivity index (χ3v) is 5.12. The summed E-state index contributed by atoms with van der Waals surface area (Å²) in [5.74, 6) is 0.628. The predicted octanol–water partition coefficient (Wildman–Crippen LogP) is 2.13. The van der Waals surface area contributed by atoms with Crippen molar-refractivity contribution >= 4 is 10.0 Å². The fourth-order valence-corrected chi connectivity index (χ4v) is 3.13. The topological polar surface area (TPSA) is 60.3 Å². The summed E-state index contributed by atoms with van der Waals surface area (Å²) in [5, 5.41) is 0. The molecule has 1 aromatic carbocycles. The van der Waals surface area contributed by atoms with Crippen molar-refractivity contribution in [3.05, 3.63) is 47.3 Å². The van der Waals surface area contributed by atoms with Gasteiger partial charge in [-0.05, 0) is 49.7 Å². The van der Waals surface area contributed by atoms with Gasteiger partial charge in [0.1, 0.15) is 5.75 Å². The van der Waals surface area contributed by atoms with Crippen molar-refractivity contribution in [3.63, 3.8) is 0 Å². The quantitative estimate of drug-likeness (QED) is 0.920. The van der Waals surface area contributed by atoms with Gasteiger partial charge in [-0.2, -0.15) is 0 Å². The number of benzene rings is 1. The molecule has 2 aromatic rings. The van der Waals surface area contributed by atoms with Crippen LogP contribution in [0.3, 0.4) is 0 Å². The van der Waals surface area contributed by atoms with Crippen molar-refractivity contribution in [3.8, 4) is 5.75 Å². The first-order valence-electron chi connectivity index (χ1n) is 6.60. The van der Waals surface area contributed by atoms with E-state index in [1.165, 1.54) is 12.1 Å². The van der Waals surface area contributed by atoms with E-state index in [4.69, 9.17) is 4.74 Å². The molecule has 0 spiro atoms. The molecule has 1 N–H and O–H groups in total. The molecule has 5 nitrogen and oxygen atoms in total. The Labute approximate surface area is 125 Å². The molecule has 0 saturated heterocycles. The lowest BCUT2D eigenvalue weighted by atomic mass is 10.2. The number of methoxy groups -OCH3 is 1. The first-order valence-corrected chi connectivity index (χ1v) is 8.09. The molecule has 0 aliphatic carbocycles. The van der Waals surface area contributed by atoms with Gasteiger partial charge in [0, 0.05) is 25.0 Å². The number of ether oxygens (including phenoxy) is 1. The van der Waals surface area contributed by atoms with Gasteiger partial charge in [-0.25, -0.2) is 13.1 Å². The molecule has 0 fully saturated rings. The third-order valence-electron chi connectivity index (χ3n) is 3.70. The van der Waals surface area contributed by atoms with E-state index in [9.17, 15) is 8.42 Å². The van der Waals surface area contributed by atoms with Crippen molar-refractivity contribution < 1.29 is 13.2 Å². The Balaban J connectivity index is 2.15. The predicted molar refractivity (Wildman–Crippen MR) is 81.9 cm³/mol. The molecule has 1 heterocycles. The summed E-state index contributed by atoms with van der Waals surface area (Å²) in [6.45, 7) is 4.25. The van der Waals surface area contributed by atoms with Crippen molar-refractivity contribution in [1.29, 1.82) is 0 Å². The zero-order chi connectivity index (χ0) is 15.6. The molecule has 6 heteroatoms. The second-order valence-corrected chi connectivity index (χ2v) is 6.72.